The Bertz CT molecular complexity index is 1530. The van der Waals surface area contributed by atoms with Gasteiger partial charge in [-0.15, -0.1) is 0 Å². The minimum atomic E-state index is -4.21. The number of nitrogens with zero attached hydrogens (tertiary/aromatic N) is 3. The average molecular weight is 690 g/mol. The van der Waals surface area contributed by atoms with Crippen molar-refractivity contribution >= 4 is 26.8 Å². The lowest BCUT2D eigenvalue weighted by Crippen LogP contribution is -2.59. The second-order valence-corrected chi connectivity index (χ2v) is 27.6. The Hall–Kier alpha value is -1.60. The Labute approximate surface area is 271 Å². The molecule has 45 heavy (non-hydrogen) atoms. The van der Waals surface area contributed by atoms with Crippen LogP contribution in [0.15, 0.2) is 26.9 Å². The monoisotopic (exact) mass is 689 g/mol. The maximum absolute atomic E-state index is 14.1. The molecule has 0 amide bonds. The molecule has 1 fully saturated rings. The van der Waals surface area contributed by atoms with E-state index < -0.39 is 56.5 Å². The number of aromatic nitrogens is 2. The van der Waals surface area contributed by atoms with Crippen molar-refractivity contribution in [2.75, 3.05) is 34.3 Å². The molecule has 2 aliphatic rings. The highest BCUT2D eigenvalue weighted by Gasteiger charge is 2.67. The van der Waals surface area contributed by atoms with Crippen molar-refractivity contribution < 1.29 is 30.7 Å². The maximum Gasteiger partial charge on any atom is 0.333 e. The van der Waals surface area contributed by atoms with Gasteiger partial charge in [-0.3, -0.25) is 13.9 Å². The number of ether oxygens (including phenoxy) is 1. The van der Waals surface area contributed by atoms with Gasteiger partial charge in [-0.1, -0.05) is 41.5 Å². The van der Waals surface area contributed by atoms with Gasteiger partial charge in [-0.05, 0) is 43.2 Å². The number of hydrogen-bond acceptors (Lipinski definition) is 9. The molecule has 12 nitrogen and oxygen atoms in total. The van der Waals surface area contributed by atoms with Crippen LogP contribution in [0.25, 0.3) is 0 Å². The van der Waals surface area contributed by atoms with Crippen molar-refractivity contribution in [3.8, 4) is 0 Å². The zero-order valence-corrected chi connectivity index (χ0v) is 32.6. The lowest BCUT2D eigenvalue weighted by molar-refractivity contribution is -0.870. The Morgan fingerprint density at radius 3 is 2.04 bits per heavy atom. The number of nitrogens with two attached hydrogens (primary N) is 1. The summed E-state index contributed by atoms with van der Waals surface area (Å²) in [5.74, 6) is 0. The fourth-order valence-corrected chi connectivity index (χ4v) is 8.56. The second-order valence-electron chi connectivity index (χ2n) is 16.7. The van der Waals surface area contributed by atoms with E-state index in [4.69, 9.17) is 23.5 Å². The summed E-state index contributed by atoms with van der Waals surface area (Å²) in [5, 5.41) is 0.462. The van der Waals surface area contributed by atoms with Crippen LogP contribution in [-0.2, 0) is 34.4 Å². The van der Waals surface area contributed by atoms with Crippen molar-refractivity contribution in [3.63, 3.8) is 0 Å². The molecule has 0 bridgehead atoms. The molecule has 1 aromatic rings. The van der Waals surface area contributed by atoms with E-state index in [-0.39, 0.29) is 34.5 Å². The van der Waals surface area contributed by atoms with Gasteiger partial charge in [-0.2, -0.15) is 8.42 Å². The molecule has 2 aliphatic heterocycles. The lowest BCUT2D eigenvalue weighted by Gasteiger charge is -2.43. The first kappa shape index (κ1) is 37.9. The summed E-state index contributed by atoms with van der Waals surface area (Å²) in [6, 6.07) is 0. The van der Waals surface area contributed by atoms with Gasteiger partial charge < -0.3 is 23.8 Å². The molecule has 4 atom stereocenters. The van der Waals surface area contributed by atoms with E-state index >= 15 is 0 Å². The molecule has 258 valence electrons. The Morgan fingerprint density at radius 1 is 1.02 bits per heavy atom. The molecule has 0 aromatic carbocycles. The van der Waals surface area contributed by atoms with Gasteiger partial charge in [0.1, 0.15) is 12.2 Å². The first-order valence-electron chi connectivity index (χ1n) is 15.6. The normalized spacial score (nSPS) is 26.1. The number of rotatable bonds is 10. The first-order chi connectivity index (χ1) is 20.1. The largest absolute Gasteiger partial charge is 0.414 e. The molecular formula is C30H57N4O8SSi2+. The van der Waals surface area contributed by atoms with Gasteiger partial charge in [0.05, 0.1) is 45.4 Å². The topological polar surface area (TPSA) is 141 Å². The molecule has 0 radical (unpaired) electrons. The lowest BCUT2D eigenvalue weighted by atomic mass is 9.89. The minimum Gasteiger partial charge on any atom is -0.414 e. The van der Waals surface area contributed by atoms with Crippen molar-refractivity contribution in [3.05, 3.63) is 43.7 Å². The SMILES string of the molecule is Cc1cn([C@@H]2OC(CO[Si](C)(C)C(C)(C)C)C3(OS(=O)(=O)C=C3N)[C@H]2O[Si](C)(C)C(C)(C)C)c(=O)n(CCC[N+](C)(C)C)c1=O. The fourth-order valence-electron chi connectivity index (χ4n) is 5.05. The molecule has 2 unspecified atom stereocenters. The van der Waals surface area contributed by atoms with E-state index in [0.29, 0.717) is 16.5 Å². The number of aryl methyl sites for hydroxylation is 1. The second kappa shape index (κ2) is 12.1. The third-order valence-corrected chi connectivity index (χ3v) is 19.9. The summed E-state index contributed by atoms with van der Waals surface area (Å²) in [7, 11) is -3.11. The van der Waals surface area contributed by atoms with Crippen LogP contribution >= 0.6 is 0 Å². The minimum absolute atomic E-state index is 0.0364. The molecule has 3 rings (SSSR count). The van der Waals surface area contributed by atoms with E-state index in [1.54, 1.807) is 6.92 Å². The summed E-state index contributed by atoms with van der Waals surface area (Å²) in [4.78, 5) is 27.4. The molecular weight excluding hydrogens is 633 g/mol. The fraction of sp³-hybridized carbons (Fsp3) is 0.800. The van der Waals surface area contributed by atoms with Crippen molar-refractivity contribution in [2.24, 2.45) is 5.73 Å². The predicted octanol–water partition coefficient (Wildman–Crippen LogP) is 3.62. The summed E-state index contributed by atoms with van der Waals surface area (Å²) in [6.07, 6.45) is -1.28. The molecule has 15 heteroatoms. The quantitative estimate of drug-likeness (QED) is 0.222. The van der Waals surface area contributed by atoms with Gasteiger partial charge in [0, 0.05) is 24.7 Å². The van der Waals surface area contributed by atoms with Gasteiger partial charge in [0.2, 0.25) is 0 Å². The number of quaternary nitrogens is 1. The van der Waals surface area contributed by atoms with Crippen molar-refractivity contribution in [2.45, 2.75) is 122 Å². The highest BCUT2D eigenvalue weighted by Crippen LogP contribution is 2.52. The first-order valence-corrected chi connectivity index (χ1v) is 22.9. The van der Waals surface area contributed by atoms with E-state index in [2.05, 4.69) is 54.6 Å². The van der Waals surface area contributed by atoms with Crippen molar-refractivity contribution in [1.82, 2.24) is 9.13 Å². The van der Waals surface area contributed by atoms with Crippen LogP contribution in [-0.4, -0.2) is 90.8 Å². The number of hydrogen-bond donors (Lipinski definition) is 1. The van der Waals surface area contributed by atoms with Crippen LogP contribution in [0.5, 0.6) is 0 Å². The molecule has 1 saturated heterocycles. The van der Waals surface area contributed by atoms with Crippen LogP contribution in [0, 0.1) is 6.92 Å². The van der Waals surface area contributed by atoms with E-state index in [1.807, 2.05) is 34.2 Å². The Morgan fingerprint density at radius 2 is 1.58 bits per heavy atom. The van der Waals surface area contributed by atoms with E-state index in [1.165, 1.54) is 15.3 Å². The maximum atomic E-state index is 14.1. The third kappa shape index (κ3) is 7.61. The molecule has 2 N–H and O–H groups in total. The van der Waals surface area contributed by atoms with Crippen LogP contribution in [0.2, 0.25) is 36.3 Å². The predicted molar refractivity (Wildman–Crippen MR) is 181 cm³/mol. The smallest absolute Gasteiger partial charge is 0.333 e. The molecule has 1 aromatic heterocycles. The molecule has 3 heterocycles. The van der Waals surface area contributed by atoms with E-state index in [9.17, 15) is 18.0 Å². The summed E-state index contributed by atoms with van der Waals surface area (Å²) in [6.45, 7) is 23.3. The average Bonchev–Trinajstić information content (AvgIpc) is 3.26. The van der Waals surface area contributed by atoms with Crippen LogP contribution in [0.4, 0.5) is 0 Å². The summed E-state index contributed by atoms with van der Waals surface area (Å²) in [5.41, 5.74) is 4.09. The highest BCUT2D eigenvalue weighted by molar-refractivity contribution is 7.90. The molecule has 0 aliphatic carbocycles. The third-order valence-electron chi connectivity index (χ3n) is 9.92. The van der Waals surface area contributed by atoms with Gasteiger partial charge in [-0.25, -0.2) is 8.98 Å². The standard InChI is InChI=1S/C30H57N4O8SSi2/c1-21-18-33(27(36)32(25(21)35)16-15-17-34(8,9)10)26-24(41-45(13,14)29(5,6)7)30(22(31)20-43(37,38)42-30)23(40-26)19-39-44(11,12)28(2,3)4/h18,20,23-24,26H,15-17,19,31H2,1-14H3/q+1/t23?,24-,26+,30?/m0/s1. The highest BCUT2D eigenvalue weighted by atomic mass is 32.2. The van der Waals surface area contributed by atoms with Gasteiger partial charge in [0.25, 0.3) is 15.7 Å². The van der Waals surface area contributed by atoms with Crippen LogP contribution in [0.1, 0.15) is 59.8 Å². The summed E-state index contributed by atoms with van der Waals surface area (Å²) >= 11 is 0. The zero-order chi connectivity index (χ0) is 34.8. The zero-order valence-electron chi connectivity index (χ0n) is 29.8. The molecule has 1 spiro atoms. The van der Waals surface area contributed by atoms with Crippen molar-refractivity contribution in [1.29, 1.82) is 0 Å². The Kier molecular flexibility index (Phi) is 10.2. The van der Waals surface area contributed by atoms with E-state index in [0.717, 1.165) is 12.0 Å². The van der Waals surface area contributed by atoms with Gasteiger partial charge in [0.15, 0.2) is 28.5 Å². The van der Waals surface area contributed by atoms with Gasteiger partial charge >= 0.3 is 5.69 Å². The van der Waals surface area contributed by atoms with Crippen LogP contribution in [0.3, 0.4) is 0 Å². The molecule has 0 saturated carbocycles. The van der Waals surface area contributed by atoms with Crippen LogP contribution < -0.4 is 17.0 Å². The summed E-state index contributed by atoms with van der Waals surface area (Å²) < 4.78 is 55.4. The Balaban J connectivity index is 2.26.